The molecule has 0 aliphatic carbocycles. The molecule has 5 aromatic rings. The largest absolute Gasteiger partial charge is 0.467 e. The molecule has 0 spiro atoms. The summed E-state index contributed by atoms with van der Waals surface area (Å²) in [6.07, 6.45) is 3.19. The summed E-state index contributed by atoms with van der Waals surface area (Å²) in [7, 11) is 0. The molecule has 0 aliphatic rings. The Hall–Kier alpha value is -3.63. The summed E-state index contributed by atoms with van der Waals surface area (Å²) in [5.74, 6) is 2.29. The fourth-order valence-electron chi connectivity index (χ4n) is 3.24. The van der Waals surface area contributed by atoms with Gasteiger partial charge in [-0.1, -0.05) is 30.0 Å². The van der Waals surface area contributed by atoms with Crippen molar-refractivity contribution in [3.63, 3.8) is 0 Å². The van der Waals surface area contributed by atoms with Gasteiger partial charge in [-0.15, -0.1) is 21.5 Å². The van der Waals surface area contributed by atoms with Gasteiger partial charge in [0.25, 0.3) is 5.91 Å². The van der Waals surface area contributed by atoms with E-state index in [1.54, 1.807) is 24.0 Å². The Bertz CT molecular complexity index is 1360. The molecular weight excluding hydrogens is 458 g/mol. The van der Waals surface area contributed by atoms with E-state index in [2.05, 4.69) is 20.5 Å². The van der Waals surface area contributed by atoms with Gasteiger partial charge < -0.3 is 14.2 Å². The molecule has 0 radical (unpaired) electrons. The van der Waals surface area contributed by atoms with Crippen molar-refractivity contribution < 1.29 is 13.6 Å². The number of hydrogen-bond donors (Lipinski definition) is 1. The average Bonchev–Trinajstić information content (AvgIpc) is 3.62. The molecule has 0 saturated heterocycles. The number of carbonyl (C=O) groups excluding carboxylic acids is 1. The lowest BCUT2D eigenvalue weighted by atomic mass is 10.2. The van der Waals surface area contributed by atoms with Crippen molar-refractivity contribution in [1.82, 2.24) is 25.1 Å². The van der Waals surface area contributed by atoms with E-state index < -0.39 is 0 Å². The fourth-order valence-corrected chi connectivity index (χ4v) is 4.98. The Labute approximate surface area is 197 Å². The number of aryl methyl sites for hydroxylation is 1. The maximum atomic E-state index is 12.4. The van der Waals surface area contributed by atoms with Crippen molar-refractivity contribution in [1.29, 1.82) is 0 Å². The molecule has 0 unspecified atom stereocenters. The van der Waals surface area contributed by atoms with Gasteiger partial charge in [-0.3, -0.25) is 9.36 Å². The lowest BCUT2D eigenvalue weighted by molar-refractivity contribution is 0.0943. The van der Waals surface area contributed by atoms with Gasteiger partial charge in [-0.05, 0) is 42.8 Å². The van der Waals surface area contributed by atoms with Crippen LogP contribution in [0.15, 0.2) is 80.4 Å². The SMILES string of the molecule is Cc1ccccc1-n1c(SCc2nc(C(=O)NCc3ccco3)cs2)nnc1-c1ccco1. The Morgan fingerprint density at radius 1 is 1.09 bits per heavy atom. The van der Waals surface area contributed by atoms with Crippen LogP contribution in [0.4, 0.5) is 0 Å². The first kappa shape index (κ1) is 21.2. The van der Waals surface area contributed by atoms with Crippen LogP contribution in [-0.4, -0.2) is 25.7 Å². The predicted octanol–water partition coefficient (Wildman–Crippen LogP) is 5.11. The van der Waals surface area contributed by atoms with Crippen molar-refractivity contribution in [2.45, 2.75) is 24.4 Å². The first-order valence-corrected chi connectivity index (χ1v) is 12.0. The van der Waals surface area contributed by atoms with Crippen LogP contribution < -0.4 is 5.32 Å². The minimum atomic E-state index is -0.234. The zero-order valence-electron chi connectivity index (χ0n) is 17.6. The summed E-state index contributed by atoms with van der Waals surface area (Å²) < 4.78 is 12.8. The normalized spacial score (nSPS) is 11.1. The molecular formula is C23H19N5O3S2. The molecule has 4 heterocycles. The number of aromatic nitrogens is 4. The maximum Gasteiger partial charge on any atom is 0.271 e. The van der Waals surface area contributed by atoms with Crippen LogP contribution in [0.5, 0.6) is 0 Å². The second-order valence-corrected chi connectivity index (χ2v) is 8.97. The van der Waals surface area contributed by atoms with Gasteiger partial charge in [0.15, 0.2) is 10.9 Å². The zero-order chi connectivity index (χ0) is 22.6. The number of amides is 1. The third kappa shape index (κ3) is 4.62. The third-order valence-corrected chi connectivity index (χ3v) is 6.82. The number of hydrogen-bond acceptors (Lipinski definition) is 8. The van der Waals surface area contributed by atoms with Crippen molar-refractivity contribution in [3.05, 3.63) is 88.5 Å². The van der Waals surface area contributed by atoms with Crippen LogP contribution in [0, 0.1) is 6.92 Å². The summed E-state index contributed by atoms with van der Waals surface area (Å²) in [4.78, 5) is 16.9. The van der Waals surface area contributed by atoms with Crippen molar-refractivity contribution in [2.24, 2.45) is 0 Å². The molecule has 5 rings (SSSR count). The molecule has 0 aliphatic heterocycles. The molecule has 166 valence electrons. The van der Waals surface area contributed by atoms with Gasteiger partial charge in [-0.2, -0.15) is 0 Å². The molecule has 1 N–H and O–H groups in total. The highest BCUT2D eigenvalue weighted by molar-refractivity contribution is 7.98. The highest BCUT2D eigenvalue weighted by Gasteiger charge is 2.20. The smallest absolute Gasteiger partial charge is 0.271 e. The maximum absolute atomic E-state index is 12.4. The van der Waals surface area contributed by atoms with Crippen molar-refractivity contribution in [2.75, 3.05) is 0 Å². The fraction of sp³-hybridized carbons (Fsp3) is 0.130. The van der Waals surface area contributed by atoms with Gasteiger partial charge in [0.2, 0.25) is 5.82 Å². The Kier molecular flexibility index (Phi) is 6.09. The monoisotopic (exact) mass is 477 g/mol. The van der Waals surface area contributed by atoms with Crippen molar-refractivity contribution >= 4 is 29.0 Å². The molecule has 10 heteroatoms. The van der Waals surface area contributed by atoms with Crippen molar-refractivity contribution in [3.8, 4) is 17.3 Å². The minimum Gasteiger partial charge on any atom is -0.467 e. The Balaban J connectivity index is 1.33. The number of furan rings is 2. The lowest BCUT2D eigenvalue weighted by Crippen LogP contribution is -2.22. The van der Waals surface area contributed by atoms with E-state index >= 15 is 0 Å². The van der Waals surface area contributed by atoms with Gasteiger partial charge in [0.05, 0.1) is 30.5 Å². The number of thioether (sulfide) groups is 1. The number of thiazole rings is 1. The van der Waals surface area contributed by atoms with E-state index in [-0.39, 0.29) is 5.91 Å². The molecule has 0 atom stereocenters. The summed E-state index contributed by atoms with van der Waals surface area (Å²) in [5.41, 5.74) is 2.46. The molecule has 0 bridgehead atoms. The number of rotatable bonds is 8. The molecule has 1 amide bonds. The molecule has 33 heavy (non-hydrogen) atoms. The average molecular weight is 478 g/mol. The van der Waals surface area contributed by atoms with Gasteiger partial charge in [-0.25, -0.2) is 4.98 Å². The van der Waals surface area contributed by atoms with Crippen LogP contribution in [0.2, 0.25) is 0 Å². The molecule has 8 nitrogen and oxygen atoms in total. The Morgan fingerprint density at radius 3 is 2.73 bits per heavy atom. The first-order valence-electron chi connectivity index (χ1n) is 10.1. The van der Waals surface area contributed by atoms with Crippen LogP contribution in [-0.2, 0) is 12.3 Å². The summed E-state index contributed by atoms with van der Waals surface area (Å²) in [6.45, 7) is 2.37. The quantitative estimate of drug-likeness (QED) is 0.310. The summed E-state index contributed by atoms with van der Waals surface area (Å²) in [5, 5.41) is 14.9. The Morgan fingerprint density at radius 2 is 1.94 bits per heavy atom. The summed E-state index contributed by atoms with van der Waals surface area (Å²) in [6, 6.07) is 15.3. The number of carbonyl (C=O) groups is 1. The number of nitrogens with zero attached hydrogens (tertiary/aromatic N) is 4. The molecule has 1 aromatic carbocycles. The van der Waals surface area contributed by atoms with E-state index in [0.29, 0.717) is 35.3 Å². The molecule has 0 saturated carbocycles. The second kappa shape index (κ2) is 9.47. The first-order chi connectivity index (χ1) is 16.2. The highest BCUT2D eigenvalue weighted by Crippen LogP contribution is 2.31. The van der Waals surface area contributed by atoms with E-state index in [1.807, 2.05) is 54.0 Å². The standard InChI is InChI=1S/C23H19N5O3S2/c1-15-6-2-3-8-18(15)28-21(19-9-5-11-31-19)26-27-23(28)33-14-20-25-17(13-32-20)22(29)24-12-16-7-4-10-30-16/h2-11,13H,12,14H2,1H3,(H,24,29). The van der Waals surface area contributed by atoms with E-state index in [1.165, 1.54) is 23.1 Å². The van der Waals surface area contributed by atoms with Crippen LogP contribution in [0.1, 0.15) is 26.8 Å². The second-order valence-electron chi connectivity index (χ2n) is 7.08. The molecule has 4 aromatic heterocycles. The number of para-hydroxylation sites is 1. The van der Waals surface area contributed by atoms with Crippen LogP contribution in [0.25, 0.3) is 17.3 Å². The molecule has 0 fully saturated rings. The lowest BCUT2D eigenvalue weighted by Gasteiger charge is -2.11. The number of benzene rings is 1. The topological polar surface area (TPSA) is 99.0 Å². The van der Waals surface area contributed by atoms with Crippen LogP contribution >= 0.6 is 23.1 Å². The highest BCUT2D eigenvalue weighted by atomic mass is 32.2. The van der Waals surface area contributed by atoms with Gasteiger partial charge in [0.1, 0.15) is 16.5 Å². The third-order valence-electron chi connectivity index (χ3n) is 4.84. The van der Waals surface area contributed by atoms with E-state index in [0.717, 1.165) is 21.4 Å². The van der Waals surface area contributed by atoms with E-state index in [9.17, 15) is 4.79 Å². The predicted molar refractivity (Wildman–Crippen MR) is 125 cm³/mol. The number of nitrogens with one attached hydrogen (secondary N) is 1. The van der Waals surface area contributed by atoms with Gasteiger partial charge in [0, 0.05) is 5.38 Å². The zero-order valence-corrected chi connectivity index (χ0v) is 19.2. The summed E-state index contributed by atoms with van der Waals surface area (Å²) >= 11 is 2.94. The van der Waals surface area contributed by atoms with Gasteiger partial charge >= 0.3 is 0 Å². The van der Waals surface area contributed by atoms with E-state index in [4.69, 9.17) is 8.83 Å². The minimum absolute atomic E-state index is 0.234. The van der Waals surface area contributed by atoms with Crippen LogP contribution in [0.3, 0.4) is 0 Å².